The van der Waals surface area contributed by atoms with Crippen LogP contribution in [0.2, 0.25) is 0 Å². The molecule has 2 fully saturated rings. The molecule has 4 nitrogen and oxygen atoms in total. The maximum Gasteiger partial charge on any atom is 0.248 e. The fraction of sp³-hybridized carbons (Fsp3) is 0.882. The lowest BCUT2D eigenvalue weighted by Gasteiger charge is -2.47. The molecule has 1 aliphatic heterocycles. The summed E-state index contributed by atoms with van der Waals surface area (Å²) in [6.07, 6.45) is 6.24. The van der Waals surface area contributed by atoms with Crippen molar-refractivity contribution in [1.29, 1.82) is 0 Å². The van der Waals surface area contributed by atoms with E-state index in [0.29, 0.717) is 12.8 Å². The van der Waals surface area contributed by atoms with Gasteiger partial charge in [0.15, 0.2) is 0 Å². The molecule has 1 N–H and O–H groups in total. The number of carbonyl (C=O) groups excluding carboxylic acids is 2. The second kappa shape index (κ2) is 6.37. The molecular formula is C17H30N2O2. The molecule has 4 heteroatoms. The van der Waals surface area contributed by atoms with Crippen LogP contribution in [-0.2, 0) is 9.59 Å². The zero-order chi connectivity index (χ0) is 15.6. The summed E-state index contributed by atoms with van der Waals surface area (Å²) in [4.78, 5) is 27.4. The second-order valence-corrected chi connectivity index (χ2v) is 7.05. The van der Waals surface area contributed by atoms with Crippen LogP contribution in [0, 0.1) is 11.8 Å². The summed E-state index contributed by atoms with van der Waals surface area (Å²) in [5.41, 5.74) is -0.679. The largest absolute Gasteiger partial charge is 0.340 e. The third-order valence-electron chi connectivity index (χ3n) is 5.18. The first-order chi connectivity index (χ1) is 9.95. The predicted octanol–water partition coefficient (Wildman–Crippen LogP) is 2.72. The van der Waals surface area contributed by atoms with Gasteiger partial charge in [0.1, 0.15) is 11.6 Å². The van der Waals surface area contributed by atoms with Crippen molar-refractivity contribution >= 4 is 11.8 Å². The monoisotopic (exact) mass is 294 g/mol. The number of amides is 2. The third kappa shape index (κ3) is 3.24. The number of piperazine rings is 1. The molecule has 0 bridgehead atoms. The van der Waals surface area contributed by atoms with Crippen LogP contribution in [-0.4, -0.2) is 34.8 Å². The van der Waals surface area contributed by atoms with Crippen molar-refractivity contribution in [2.45, 2.75) is 77.8 Å². The SMILES string of the molecule is CCC1(CC)NC(=O)C(C(C)C)N(CCCC2CC2)C1=O. The topological polar surface area (TPSA) is 49.4 Å². The van der Waals surface area contributed by atoms with Crippen LogP contribution < -0.4 is 5.32 Å². The molecule has 1 atom stereocenters. The molecule has 1 saturated heterocycles. The molecule has 0 aromatic rings. The van der Waals surface area contributed by atoms with Gasteiger partial charge in [-0.05, 0) is 37.5 Å². The first-order valence-corrected chi connectivity index (χ1v) is 8.58. The zero-order valence-corrected chi connectivity index (χ0v) is 13.9. The van der Waals surface area contributed by atoms with Gasteiger partial charge in [0.2, 0.25) is 11.8 Å². The summed E-state index contributed by atoms with van der Waals surface area (Å²) >= 11 is 0. The van der Waals surface area contributed by atoms with E-state index in [9.17, 15) is 9.59 Å². The molecule has 1 saturated carbocycles. The molecule has 0 radical (unpaired) electrons. The number of nitrogens with one attached hydrogen (secondary N) is 1. The van der Waals surface area contributed by atoms with Crippen molar-refractivity contribution in [3.05, 3.63) is 0 Å². The lowest BCUT2D eigenvalue weighted by Crippen LogP contribution is -2.71. The fourth-order valence-corrected chi connectivity index (χ4v) is 3.50. The molecule has 120 valence electrons. The Hall–Kier alpha value is -1.06. The van der Waals surface area contributed by atoms with E-state index in [2.05, 4.69) is 5.32 Å². The van der Waals surface area contributed by atoms with Crippen LogP contribution in [0.3, 0.4) is 0 Å². The lowest BCUT2D eigenvalue weighted by molar-refractivity contribution is -0.157. The van der Waals surface area contributed by atoms with E-state index in [1.54, 1.807) is 0 Å². The van der Waals surface area contributed by atoms with Crippen LogP contribution in [0.1, 0.15) is 66.2 Å². The first-order valence-electron chi connectivity index (χ1n) is 8.58. The van der Waals surface area contributed by atoms with Gasteiger partial charge in [0.05, 0.1) is 0 Å². The highest BCUT2D eigenvalue weighted by Crippen LogP contribution is 2.34. The summed E-state index contributed by atoms with van der Waals surface area (Å²) in [6.45, 7) is 8.75. The summed E-state index contributed by atoms with van der Waals surface area (Å²) in [5.74, 6) is 1.18. The van der Waals surface area contributed by atoms with Crippen molar-refractivity contribution in [2.24, 2.45) is 11.8 Å². The van der Waals surface area contributed by atoms with Crippen LogP contribution in [0.4, 0.5) is 0 Å². The Labute approximate surface area is 128 Å². The van der Waals surface area contributed by atoms with Crippen molar-refractivity contribution in [1.82, 2.24) is 10.2 Å². The van der Waals surface area contributed by atoms with E-state index in [1.165, 1.54) is 19.3 Å². The predicted molar refractivity (Wildman–Crippen MR) is 83.8 cm³/mol. The van der Waals surface area contributed by atoms with E-state index in [0.717, 1.165) is 18.9 Å². The van der Waals surface area contributed by atoms with Crippen molar-refractivity contribution in [3.63, 3.8) is 0 Å². The van der Waals surface area contributed by atoms with Gasteiger partial charge in [-0.3, -0.25) is 9.59 Å². The molecule has 1 heterocycles. The fourth-order valence-electron chi connectivity index (χ4n) is 3.50. The molecule has 21 heavy (non-hydrogen) atoms. The van der Waals surface area contributed by atoms with E-state index >= 15 is 0 Å². The van der Waals surface area contributed by atoms with Gasteiger partial charge in [-0.1, -0.05) is 40.5 Å². The Morgan fingerprint density at radius 1 is 1.24 bits per heavy atom. The van der Waals surface area contributed by atoms with Gasteiger partial charge in [0, 0.05) is 6.54 Å². The second-order valence-electron chi connectivity index (χ2n) is 7.05. The highest BCUT2D eigenvalue weighted by Gasteiger charge is 2.49. The van der Waals surface area contributed by atoms with Gasteiger partial charge in [-0.2, -0.15) is 0 Å². The van der Waals surface area contributed by atoms with Gasteiger partial charge in [-0.15, -0.1) is 0 Å². The first kappa shape index (κ1) is 16.3. The van der Waals surface area contributed by atoms with Gasteiger partial charge < -0.3 is 10.2 Å². The zero-order valence-electron chi connectivity index (χ0n) is 13.9. The van der Waals surface area contributed by atoms with Gasteiger partial charge in [-0.25, -0.2) is 0 Å². The number of rotatable bonds is 7. The maximum absolute atomic E-state index is 13.0. The van der Waals surface area contributed by atoms with Crippen LogP contribution in [0.25, 0.3) is 0 Å². The average Bonchev–Trinajstić information content (AvgIpc) is 3.26. The van der Waals surface area contributed by atoms with Crippen LogP contribution in [0.5, 0.6) is 0 Å². The lowest BCUT2D eigenvalue weighted by atomic mass is 9.84. The molecule has 0 spiro atoms. The van der Waals surface area contributed by atoms with Crippen molar-refractivity contribution in [3.8, 4) is 0 Å². The molecule has 1 unspecified atom stereocenters. The van der Waals surface area contributed by atoms with Gasteiger partial charge >= 0.3 is 0 Å². The minimum absolute atomic E-state index is 0.0275. The normalized spacial score (nSPS) is 25.4. The highest BCUT2D eigenvalue weighted by atomic mass is 16.2. The molecule has 0 aromatic carbocycles. The van der Waals surface area contributed by atoms with E-state index in [1.807, 2.05) is 32.6 Å². The smallest absolute Gasteiger partial charge is 0.248 e. The van der Waals surface area contributed by atoms with E-state index in [4.69, 9.17) is 0 Å². The Balaban J connectivity index is 2.14. The summed E-state index contributed by atoms with van der Waals surface area (Å²) in [6, 6.07) is -0.303. The Morgan fingerprint density at radius 2 is 1.86 bits per heavy atom. The Bertz CT molecular complexity index is 398. The molecule has 1 aliphatic carbocycles. The van der Waals surface area contributed by atoms with E-state index in [-0.39, 0.29) is 23.8 Å². The number of hydrogen-bond donors (Lipinski definition) is 1. The minimum atomic E-state index is -0.679. The molecule has 2 amide bonds. The maximum atomic E-state index is 13.0. The third-order valence-corrected chi connectivity index (χ3v) is 5.18. The number of nitrogens with zero attached hydrogens (tertiary/aromatic N) is 1. The minimum Gasteiger partial charge on any atom is -0.340 e. The summed E-state index contributed by atoms with van der Waals surface area (Å²) in [5, 5.41) is 3.02. The molecule has 0 aromatic heterocycles. The van der Waals surface area contributed by atoms with Crippen molar-refractivity contribution < 1.29 is 9.59 Å². The van der Waals surface area contributed by atoms with E-state index < -0.39 is 5.54 Å². The van der Waals surface area contributed by atoms with Crippen LogP contribution in [0.15, 0.2) is 0 Å². The standard InChI is InChI=1S/C17H30N2O2/c1-5-17(6-2)16(21)19(11-7-8-13-9-10-13)14(12(3)4)15(20)18-17/h12-14H,5-11H2,1-4H3,(H,18,20). The molecule has 2 aliphatic rings. The number of hydrogen-bond acceptors (Lipinski definition) is 2. The quantitative estimate of drug-likeness (QED) is 0.785. The number of carbonyl (C=O) groups is 2. The highest BCUT2D eigenvalue weighted by molar-refractivity contribution is 5.99. The molecule has 2 rings (SSSR count). The molecular weight excluding hydrogens is 264 g/mol. The Kier molecular flexibility index (Phi) is 4.95. The van der Waals surface area contributed by atoms with Gasteiger partial charge in [0.25, 0.3) is 0 Å². The Morgan fingerprint density at radius 3 is 2.33 bits per heavy atom. The average molecular weight is 294 g/mol. The summed E-state index contributed by atoms with van der Waals surface area (Å²) < 4.78 is 0. The summed E-state index contributed by atoms with van der Waals surface area (Å²) in [7, 11) is 0. The van der Waals surface area contributed by atoms with Crippen LogP contribution >= 0.6 is 0 Å². The van der Waals surface area contributed by atoms with Crippen molar-refractivity contribution in [2.75, 3.05) is 6.54 Å².